The molecule has 128 valence electrons. The Morgan fingerprint density at radius 3 is 2.88 bits per heavy atom. The van der Waals surface area contributed by atoms with Crippen molar-refractivity contribution in [1.82, 2.24) is 10.2 Å². The zero-order valence-corrected chi connectivity index (χ0v) is 14.5. The molecule has 1 aromatic heterocycles. The number of aryl methyl sites for hydroxylation is 1. The first-order chi connectivity index (χ1) is 11.7. The highest BCUT2D eigenvalue weighted by Crippen LogP contribution is 2.31. The summed E-state index contributed by atoms with van der Waals surface area (Å²) in [5.41, 5.74) is 0.879. The quantitative estimate of drug-likeness (QED) is 0.779. The molecule has 24 heavy (non-hydrogen) atoms. The topological polar surface area (TPSA) is 73.3 Å². The van der Waals surface area contributed by atoms with Gasteiger partial charge in [-0.1, -0.05) is 37.2 Å². The molecule has 0 saturated heterocycles. The lowest BCUT2D eigenvalue weighted by Gasteiger charge is -2.18. The van der Waals surface area contributed by atoms with Crippen LogP contribution in [0.1, 0.15) is 36.8 Å². The average Bonchev–Trinajstić information content (AvgIpc) is 3.02. The second-order valence-corrected chi connectivity index (χ2v) is 6.72. The Bertz CT molecular complexity index is 702. The Morgan fingerprint density at radius 2 is 2.04 bits per heavy atom. The van der Waals surface area contributed by atoms with Gasteiger partial charge < -0.3 is 14.8 Å². The van der Waals surface area contributed by atoms with E-state index in [9.17, 15) is 4.79 Å². The molecule has 0 atom stereocenters. The predicted octanol–water partition coefficient (Wildman–Crippen LogP) is 3.22. The summed E-state index contributed by atoms with van der Waals surface area (Å²) in [4.78, 5) is 12.2. The zero-order chi connectivity index (χ0) is 16.8. The van der Waals surface area contributed by atoms with Gasteiger partial charge in [0.15, 0.2) is 11.5 Å². The van der Waals surface area contributed by atoms with Gasteiger partial charge in [0.25, 0.3) is 0 Å². The molecule has 2 aromatic rings. The van der Waals surface area contributed by atoms with E-state index >= 15 is 0 Å². The molecule has 0 saturated carbocycles. The molecule has 6 nitrogen and oxygen atoms in total. The lowest BCUT2D eigenvalue weighted by Crippen LogP contribution is -2.17. The number of hydrogen-bond acceptors (Lipinski definition) is 6. The maximum Gasteiger partial charge on any atom is 0.230 e. The summed E-state index contributed by atoms with van der Waals surface area (Å²) in [6, 6.07) is 5.57. The van der Waals surface area contributed by atoms with E-state index in [1.54, 1.807) is 0 Å². The van der Waals surface area contributed by atoms with Crippen molar-refractivity contribution in [2.24, 2.45) is 0 Å². The number of benzene rings is 1. The second-order valence-electron chi connectivity index (χ2n) is 5.66. The molecule has 1 aromatic carbocycles. The van der Waals surface area contributed by atoms with Crippen molar-refractivity contribution in [2.45, 2.75) is 39.0 Å². The van der Waals surface area contributed by atoms with Crippen LogP contribution in [-0.4, -0.2) is 29.3 Å². The van der Waals surface area contributed by atoms with Gasteiger partial charge >= 0.3 is 0 Å². The van der Waals surface area contributed by atoms with Crippen molar-refractivity contribution in [1.29, 1.82) is 0 Å². The van der Waals surface area contributed by atoms with Crippen molar-refractivity contribution >= 4 is 22.4 Å². The Hall–Kier alpha value is -2.15. The molecule has 0 aliphatic carbocycles. The normalized spacial score (nSPS) is 12.9. The molecule has 0 bridgehead atoms. The summed E-state index contributed by atoms with van der Waals surface area (Å²) in [7, 11) is 0. The van der Waals surface area contributed by atoms with Gasteiger partial charge in [-0.2, -0.15) is 0 Å². The van der Waals surface area contributed by atoms with Crippen molar-refractivity contribution in [3.8, 4) is 11.5 Å². The van der Waals surface area contributed by atoms with E-state index in [1.807, 2.05) is 18.2 Å². The van der Waals surface area contributed by atoms with Gasteiger partial charge in [-0.25, -0.2) is 0 Å². The molecular formula is C17H21N3O3S. The largest absolute Gasteiger partial charge is 0.486 e. The SMILES string of the molecule is CCCCCc1nnc(NC(=O)Cc2ccc3c(c2)OCCO3)s1. The highest BCUT2D eigenvalue weighted by atomic mass is 32.1. The first kappa shape index (κ1) is 16.7. The van der Waals surface area contributed by atoms with Crippen molar-refractivity contribution in [2.75, 3.05) is 18.5 Å². The third-order valence-electron chi connectivity index (χ3n) is 3.68. The predicted molar refractivity (Wildman–Crippen MR) is 92.9 cm³/mol. The Morgan fingerprint density at radius 1 is 1.21 bits per heavy atom. The smallest absolute Gasteiger partial charge is 0.230 e. The monoisotopic (exact) mass is 347 g/mol. The number of anilines is 1. The van der Waals surface area contributed by atoms with Gasteiger partial charge in [0, 0.05) is 6.42 Å². The molecular weight excluding hydrogens is 326 g/mol. The van der Waals surface area contributed by atoms with E-state index in [4.69, 9.17) is 9.47 Å². The minimum Gasteiger partial charge on any atom is -0.486 e. The minimum atomic E-state index is -0.108. The van der Waals surface area contributed by atoms with Gasteiger partial charge in [-0.3, -0.25) is 4.79 Å². The first-order valence-corrected chi connectivity index (χ1v) is 9.07. The van der Waals surface area contributed by atoms with E-state index in [2.05, 4.69) is 22.4 Å². The maximum atomic E-state index is 12.2. The van der Waals surface area contributed by atoms with E-state index < -0.39 is 0 Å². The zero-order valence-electron chi connectivity index (χ0n) is 13.7. The third kappa shape index (κ3) is 4.44. The lowest BCUT2D eigenvalue weighted by molar-refractivity contribution is -0.115. The number of rotatable bonds is 7. The van der Waals surface area contributed by atoms with Gasteiger partial charge in [0.05, 0.1) is 6.42 Å². The van der Waals surface area contributed by atoms with Gasteiger partial charge in [0.1, 0.15) is 18.2 Å². The van der Waals surface area contributed by atoms with Crippen molar-refractivity contribution in [3.05, 3.63) is 28.8 Å². The van der Waals surface area contributed by atoms with Crippen LogP contribution in [0.3, 0.4) is 0 Å². The summed E-state index contributed by atoms with van der Waals surface area (Å²) >= 11 is 1.45. The Labute approximate surface area is 145 Å². The average molecular weight is 347 g/mol. The number of nitrogens with zero attached hydrogens (tertiary/aromatic N) is 2. The molecule has 0 spiro atoms. The van der Waals surface area contributed by atoms with Crippen LogP contribution in [0.15, 0.2) is 18.2 Å². The number of nitrogens with one attached hydrogen (secondary N) is 1. The minimum absolute atomic E-state index is 0.108. The van der Waals surface area contributed by atoms with Crippen LogP contribution in [0, 0.1) is 0 Å². The number of ether oxygens (including phenoxy) is 2. The summed E-state index contributed by atoms with van der Waals surface area (Å²) in [6.07, 6.45) is 4.66. The fraction of sp³-hybridized carbons (Fsp3) is 0.471. The van der Waals surface area contributed by atoms with E-state index in [0.717, 1.165) is 29.2 Å². The molecule has 1 amide bonds. The Kier molecular flexibility index (Phi) is 5.63. The van der Waals surface area contributed by atoms with Gasteiger partial charge in [-0.05, 0) is 24.1 Å². The van der Waals surface area contributed by atoms with Crippen LogP contribution in [-0.2, 0) is 17.6 Å². The lowest BCUT2D eigenvalue weighted by atomic mass is 10.1. The number of fused-ring (bicyclic) bond motifs is 1. The van der Waals surface area contributed by atoms with Crippen molar-refractivity contribution in [3.63, 3.8) is 0 Å². The highest BCUT2D eigenvalue weighted by Gasteiger charge is 2.14. The molecule has 0 radical (unpaired) electrons. The Balaban J connectivity index is 1.54. The van der Waals surface area contributed by atoms with Crippen LogP contribution in [0.2, 0.25) is 0 Å². The number of amides is 1. The maximum absolute atomic E-state index is 12.2. The fourth-order valence-electron chi connectivity index (χ4n) is 2.48. The molecule has 0 fully saturated rings. The van der Waals surface area contributed by atoms with Crippen LogP contribution in [0.5, 0.6) is 11.5 Å². The molecule has 1 aliphatic heterocycles. The summed E-state index contributed by atoms with van der Waals surface area (Å²) in [6.45, 7) is 3.27. The van der Waals surface area contributed by atoms with Crippen LogP contribution >= 0.6 is 11.3 Å². The van der Waals surface area contributed by atoms with Crippen LogP contribution in [0.25, 0.3) is 0 Å². The van der Waals surface area contributed by atoms with E-state index in [0.29, 0.717) is 24.1 Å². The number of hydrogen-bond donors (Lipinski definition) is 1. The van der Waals surface area contributed by atoms with Crippen molar-refractivity contribution < 1.29 is 14.3 Å². The second kappa shape index (κ2) is 8.10. The molecule has 3 rings (SSSR count). The van der Waals surface area contributed by atoms with Crippen LogP contribution < -0.4 is 14.8 Å². The summed E-state index contributed by atoms with van der Waals surface area (Å²) < 4.78 is 11.0. The van der Waals surface area contributed by atoms with Gasteiger partial charge in [0.2, 0.25) is 11.0 Å². The first-order valence-electron chi connectivity index (χ1n) is 8.25. The van der Waals surface area contributed by atoms with Crippen LogP contribution in [0.4, 0.5) is 5.13 Å². The third-order valence-corrected chi connectivity index (χ3v) is 4.58. The summed E-state index contributed by atoms with van der Waals surface area (Å²) in [5, 5.41) is 12.5. The molecule has 7 heteroatoms. The molecule has 1 N–H and O–H groups in total. The standard InChI is InChI=1S/C17H21N3O3S/c1-2-3-4-5-16-19-20-17(24-16)18-15(21)11-12-6-7-13-14(10-12)23-9-8-22-13/h6-7,10H,2-5,8-9,11H2,1H3,(H,18,20,21). The molecule has 2 heterocycles. The van der Waals surface area contributed by atoms with Gasteiger partial charge in [-0.15, -0.1) is 10.2 Å². The molecule has 0 unspecified atom stereocenters. The summed E-state index contributed by atoms with van der Waals surface area (Å²) in [5.74, 6) is 1.31. The highest BCUT2D eigenvalue weighted by molar-refractivity contribution is 7.15. The molecule has 1 aliphatic rings. The van der Waals surface area contributed by atoms with E-state index in [-0.39, 0.29) is 12.3 Å². The number of carbonyl (C=O) groups excluding carboxylic acids is 1. The number of unbranched alkanes of at least 4 members (excludes halogenated alkanes) is 2. The number of aromatic nitrogens is 2. The fourth-order valence-corrected chi connectivity index (χ4v) is 3.28. The number of carbonyl (C=O) groups is 1. The van der Waals surface area contributed by atoms with E-state index in [1.165, 1.54) is 24.2 Å².